The summed E-state index contributed by atoms with van der Waals surface area (Å²) in [5.74, 6) is -0.524. The first-order valence-electron chi connectivity index (χ1n) is 3.47. The Labute approximate surface area is 65.7 Å². The van der Waals surface area contributed by atoms with E-state index in [0.717, 1.165) is 0 Å². The van der Waals surface area contributed by atoms with Crippen molar-refractivity contribution in [1.29, 1.82) is 5.26 Å². The summed E-state index contributed by atoms with van der Waals surface area (Å²) in [5, 5.41) is 8.09. The number of hydrogen-bond donors (Lipinski definition) is 0. The summed E-state index contributed by atoms with van der Waals surface area (Å²) in [7, 11) is 0. The molecule has 1 heterocycles. The van der Waals surface area contributed by atoms with Crippen LogP contribution in [-0.4, -0.2) is 25.1 Å². The second kappa shape index (κ2) is 3.07. The van der Waals surface area contributed by atoms with Crippen LogP contribution >= 0.6 is 0 Å². The van der Waals surface area contributed by atoms with Crippen molar-refractivity contribution in [3.8, 4) is 6.26 Å². The Morgan fingerprint density at radius 2 is 2.45 bits per heavy atom. The van der Waals surface area contributed by atoms with E-state index in [1.807, 2.05) is 13.8 Å². The molecule has 11 heavy (non-hydrogen) atoms. The maximum atomic E-state index is 8.09. The summed E-state index contributed by atoms with van der Waals surface area (Å²) in [6.45, 7) is 4.44. The van der Waals surface area contributed by atoms with Crippen LogP contribution in [-0.2, 0) is 14.2 Å². The Bertz CT molecular complexity index is 173. The van der Waals surface area contributed by atoms with Gasteiger partial charge in [-0.3, -0.25) is 0 Å². The summed E-state index contributed by atoms with van der Waals surface area (Å²) in [5.41, 5.74) is 0. The molecule has 1 atom stereocenters. The van der Waals surface area contributed by atoms with Crippen LogP contribution in [0.5, 0.6) is 0 Å². The number of hydrogen-bond acceptors (Lipinski definition) is 4. The van der Waals surface area contributed by atoms with E-state index in [1.165, 1.54) is 0 Å². The number of ether oxygens (including phenoxy) is 3. The van der Waals surface area contributed by atoms with Crippen molar-refractivity contribution in [3.63, 3.8) is 0 Å². The fourth-order valence-corrected chi connectivity index (χ4v) is 0.975. The molecule has 4 nitrogen and oxygen atoms in total. The lowest BCUT2D eigenvalue weighted by atomic mass is 10.4. The van der Waals surface area contributed by atoms with Crippen LogP contribution in [0.3, 0.4) is 0 Å². The van der Waals surface area contributed by atoms with E-state index in [4.69, 9.17) is 14.7 Å². The number of nitriles is 1. The van der Waals surface area contributed by atoms with Gasteiger partial charge in [0.05, 0.1) is 6.61 Å². The quantitative estimate of drug-likeness (QED) is 0.552. The van der Waals surface area contributed by atoms with Crippen molar-refractivity contribution >= 4 is 0 Å². The van der Waals surface area contributed by atoms with E-state index in [2.05, 4.69) is 4.74 Å². The van der Waals surface area contributed by atoms with E-state index >= 15 is 0 Å². The third-order valence-corrected chi connectivity index (χ3v) is 1.40. The summed E-state index contributed by atoms with van der Waals surface area (Å²) in [6, 6.07) is 0. The van der Waals surface area contributed by atoms with Gasteiger partial charge in [0.2, 0.25) is 0 Å². The molecule has 0 aromatic heterocycles. The SMILES string of the molecule is CC1(C)OCC(COC#N)O1. The van der Waals surface area contributed by atoms with Gasteiger partial charge in [-0.05, 0) is 13.8 Å². The molecule has 1 unspecified atom stereocenters. The van der Waals surface area contributed by atoms with Gasteiger partial charge in [0.1, 0.15) is 12.7 Å². The smallest absolute Gasteiger partial charge is 0.286 e. The van der Waals surface area contributed by atoms with Crippen LogP contribution < -0.4 is 0 Å². The summed E-state index contributed by atoms with van der Waals surface area (Å²) in [4.78, 5) is 0. The molecule has 0 aromatic rings. The molecule has 1 saturated heterocycles. The molecule has 0 aromatic carbocycles. The van der Waals surface area contributed by atoms with Crippen molar-refractivity contribution < 1.29 is 14.2 Å². The van der Waals surface area contributed by atoms with E-state index in [9.17, 15) is 0 Å². The fourth-order valence-electron chi connectivity index (χ4n) is 0.975. The Morgan fingerprint density at radius 3 is 2.91 bits per heavy atom. The van der Waals surface area contributed by atoms with Gasteiger partial charge < -0.3 is 14.2 Å². The van der Waals surface area contributed by atoms with Crippen LogP contribution in [0, 0.1) is 11.5 Å². The molecule has 0 amide bonds. The highest BCUT2D eigenvalue weighted by atomic mass is 16.7. The molecule has 0 saturated carbocycles. The van der Waals surface area contributed by atoms with Crippen molar-refractivity contribution in [2.75, 3.05) is 13.2 Å². The molecule has 0 radical (unpaired) electrons. The molecule has 1 aliphatic heterocycles. The van der Waals surface area contributed by atoms with Gasteiger partial charge in [-0.2, -0.15) is 5.26 Å². The minimum atomic E-state index is -0.524. The molecular formula is C7H11NO3. The summed E-state index contributed by atoms with van der Waals surface area (Å²) >= 11 is 0. The normalized spacial score (nSPS) is 27.9. The number of nitrogens with zero attached hydrogens (tertiary/aromatic N) is 1. The minimum Gasteiger partial charge on any atom is -0.425 e. The third-order valence-electron chi connectivity index (χ3n) is 1.40. The standard InChI is InChI=1S/C7H11NO3/c1-7(2)10-4-6(11-7)3-9-5-8/h6H,3-4H2,1-2H3. The van der Waals surface area contributed by atoms with Gasteiger partial charge in [0, 0.05) is 0 Å². The zero-order valence-corrected chi connectivity index (χ0v) is 6.66. The topological polar surface area (TPSA) is 51.5 Å². The van der Waals surface area contributed by atoms with Gasteiger partial charge in [0.15, 0.2) is 5.79 Å². The highest BCUT2D eigenvalue weighted by molar-refractivity contribution is 4.71. The van der Waals surface area contributed by atoms with Gasteiger partial charge in [-0.15, -0.1) is 0 Å². The van der Waals surface area contributed by atoms with E-state index < -0.39 is 5.79 Å². The average Bonchev–Trinajstić information content (AvgIpc) is 2.26. The molecule has 1 rings (SSSR count). The highest BCUT2D eigenvalue weighted by Gasteiger charge is 2.32. The van der Waals surface area contributed by atoms with Crippen LogP contribution in [0.1, 0.15) is 13.8 Å². The predicted molar refractivity (Wildman–Crippen MR) is 36.5 cm³/mol. The minimum absolute atomic E-state index is 0.107. The summed E-state index contributed by atoms with van der Waals surface area (Å²) in [6.07, 6.45) is 1.48. The Hall–Kier alpha value is -0.790. The molecule has 4 heteroatoms. The van der Waals surface area contributed by atoms with E-state index in [1.54, 1.807) is 6.26 Å². The van der Waals surface area contributed by atoms with Gasteiger partial charge in [-0.25, -0.2) is 0 Å². The largest absolute Gasteiger partial charge is 0.425 e. The lowest BCUT2D eigenvalue weighted by molar-refractivity contribution is -0.142. The Kier molecular flexibility index (Phi) is 2.32. The van der Waals surface area contributed by atoms with Crippen molar-refractivity contribution in [2.45, 2.75) is 25.7 Å². The van der Waals surface area contributed by atoms with E-state index in [0.29, 0.717) is 6.61 Å². The van der Waals surface area contributed by atoms with Crippen LogP contribution in [0.4, 0.5) is 0 Å². The lowest BCUT2D eigenvalue weighted by Gasteiger charge is -2.16. The molecular weight excluding hydrogens is 146 g/mol. The Balaban J connectivity index is 2.26. The predicted octanol–water partition coefficient (Wildman–Crippen LogP) is 0.636. The third kappa shape index (κ3) is 2.37. The zero-order chi connectivity index (χ0) is 8.32. The molecule has 0 bridgehead atoms. The summed E-state index contributed by atoms with van der Waals surface area (Å²) < 4.78 is 15.1. The number of rotatable bonds is 2. The molecule has 0 aliphatic carbocycles. The van der Waals surface area contributed by atoms with Crippen molar-refractivity contribution in [1.82, 2.24) is 0 Å². The first-order valence-corrected chi connectivity index (χ1v) is 3.47. The average molecular weight is 157 g/mol. The zero-order valence-electron chi connectivity index (χ0n) is 6.66. The maximum Gasteiger partial charge on any atom is 0.286 e. The molecule has 1 fully saturated rings. The van der Waals surface area contributed by atoms with E-state index in [-0.39, 0.29) is 12.7 Å². The first kappa shape index (κ1) is 8.31. The van der Waals surface area contributed by atoms with Crippen LogP contribution in [0.2, 0.25) is 0 Å². The second-order valence-corrected chi connectivity index (χ2v) is 2.85. The Morgan fingerprint density at radius 1 is 1.73 bits per heavy atom. The van der Waals surface area contributed by atoms with Crippen LogP contribution in [0.25, 0.3) is 0 Å². The van der Waals surface area contributed by atoms with Crippen LogP contribution in [0.15, 0.2) is 0 Å². The molecule has 1 aliphatic rings. The monoisotopic (exact) mass is 157 g/mol. The maximum absolute atomic E-state index is 8.09. The molecule has 62 valence electrons. The fraction of sp³-hybridized carbons (Fsp3) is 0.857. The first-order chi connectivity index (χ1) is 5.14. The highest BCUT2D eigenvalue weighted by Crippen LogP contribution is 2.21. The molecule has 0 N–H and O–H groups in total. The van der Waals surface area contributed by atoms with Gasteiger partial charge in [0.25, 0.3) is 6.26 Å². The van der Waals surface area contributed by atoms with Gasteiger partial charge >= 0.3 is 0 Å². The second-order valence-electron chi connectivity index (χ2n) is 2.85. The lowest BCUT2D eigenvalue weighted by Crippen LogP contribution is -2.23. The molecule has 0 spiro atoms. The van der Waals surface area contributed by atoms with Gasteiger partial charge in [-0.1, -0.05) is 0 Å². The van der Waals surface area contributed by atoms with Crippen molar-refractivity contribution in [3.05, 3.63) is 0 Å². The van der Waals surface area contributed by atoms with Crippen molar-refractivity contribution in [2.24, 2.45) is 0 Å².